The molecular weight excluding hydrogens is 302 g/mol. The minimum atomic E-state index is -1.07. The summed E-state index contributed by atoms with van der Waals surface area (Å²) in [5.41, 5.74) is -0.115. The average Bonchev–Trinajstić information content (AvgIpc) is 2.44. The van der Waals surface area contributed by atoms with Crippen LogP contribution in [0.5, 0.6) is 0 Å². The molecule has 7 nitrogen and oxygen atoms in total. The van der Waals surface area contributed by atoms with Crippen molar-refractivity contribution in [2.75, 3.05) is 12.4 Å². The molecule has 0 saturated heterocycles. The number of anilines is 1. The van der Waals surface area contributed by atoms with E-state index in [0.717, 1.165) is 7.11 Å². The minimum absolute atomic E-state index is 0.191. The number of rotatable bonds is 5. The number of amides is 1. The standard InChI is InChI=1S/C16H19NO6/c1-16(2,3)23-15(21)17-11-7-5-6-10(8-11)12(18)9-13(19)14(20)22-4/h5-8H,9H2,1-4H3,(H,17,21). The van der Waals surface area contributed by atoms with Gasteiger partial charge in [-0.15, -0.1) is 0 Å². The molecular formula is C16H19NO6. The van der Waals surface area contributed by atoms with Gasteiger partial charge in [0.05, 0.1) is 13.5 Å². The maximum absolute atomic E-state index is 12.0. The molecule has 1 aromatic carbocycles. The van der Waals surface area contributed by atoms with Gasteiger partial charge in [0.25, 0.3) is 0 Å². The molecule has 0 bridgehead atoms. The summed E-state index contributed by atoms with van der Waals surface area (Å²) in [6.45, 7) is 5.18. The van der Waals surface area contributed by atoms with E-state index in [1.54, 1.807) is 32.9 Å². The summed E-state index contributed by atoms with van der Waals surface area (Å²) >= 11 is 0. The van der Waals surface area contributed by atoms with Gasteiger partial charge in [0.2, 0.25) is 5.78 Å². The number of hydrogen-bond acceptors (Lipinski definition) is 6. The van der Waals surface area contributed by atoms with E-state index in [1.807, 2.05) is 0 Å². The summed E-state index contributed by atoms with van der Waals surface area (Å²) < 4.78 is 9.36. The van der Waals surface area contributed by atoms with Crippen LogP contribution in [0.3, 0.4) is 0 Å². The zero-order valence-corrected chi connectivity index (χ0v) is 13.5. The van der Waals surface area contributed by atoms with Crippen molar-refractivity contribution in [3.05, 3.63) is 29.8 Å². The Labute approximate surface area is 134 Å². The fraction of sp³-hybridized carbons (Fsp3) is 0.375. The first-order chi connectivity index (χ1) is 10.6. The fourth-order valence-corrected chi connectivity index (χ4v) is 1.63. The van der Waals surface area contributed by atoms with Crippen molar-refractivity contribution >= 4 is 29.3 Å². The average molecular weight is 321 g/mol. The molecule has 0 atom stereocenters. The van der Waals surface area contributed by atoms with Gasteiger partial charge < -0.3 is 9.47 Å². The topological polar surface area (TPSA) is 98.8 Å². The SMILES string of the molecule is COC(=O)C(=O)CC(=O)c1cccc(NC(=O)OC(C)(C)C)c1. The van der Waals surface area contributed by atoms with Crippen LogP contribution in [0, 0.1) is 0 Å². The Morgan fingerprint density at radius 2 is 1.78 bits per heavy atom. The molecule has 1 aromatic rings. The second-order valence-corrected chi connectivity index (χ2v) is 5.72. The number of benzene rings is 1. The van der Waals surface area contributed by atoms with Crippen LogP contribution in [0.15, 0.2) is 24.3 Å². The van der Waals surface area contributed by atoms with E-state index in [-0.39, 0.29) is 5.56 Å². The van der Waals surface area contributed by atoms with E-state index >= 15 is 0 Å². The van der Waals surface area contributed by atoms with Gasteiger partial charge in [-0.1, -0.05) is 12.1 Å². The number of esters is 1. The molecule has 0 aliphatic heterocycles. The van der Waals surface area contributed by atoms with E-state index in [1.165, 1.54) is 12.1 Å². The van der Waals surface area contributed by atoms with Gasteiger partial charge in [0.1, 0.15) is 5.60 Å². The Morgan fingerprint density at radius 1 is 1.13 bits per heavy atom. The normalized spacial score (nSPS) is 10.6. The molecule has 0 heterocycles. The quantitative estimate of drug-likeness (QED) is 0.387. The maximum Gasteiger partial charge on any atom is 0.412 e. The minimum Gasteiger partial charge on any atom is -0.463 e. The van der Waals surface area contributed by atoms with Gasteiger partial charge in [-0.05, 0) is 32.9 Å². The first kappa shape index (κ1) is 18.3. The fourth-order valence-electron chi connectivity index (χ4n) is 1.63. The molecule has 0 saturated carbocycles. The van der Waals surface area contributed by atoms with Crippen LogP contribution >= 0.6 is 0 Å². The summed E-state index contributed by atoms with van der Waals surface area (Å²) in [5.74, 6) is -2.54. The van der Waals surface area contributed by atoms with Crippen LogP contribution < -0.4 is 5.32 Å². The molecule has 0 spiro atoms. The van der Waals surface area contributed by atoms with Crippen molar-refractivity contribution in [1.29, 1.82) is 0 Å². The van der Waals surface area contributed by atoms with E-state index in [9.17, 15) is 19.2 Å². The van der Waals surface area contributed by atoms with Crippen molar-refractivity contribution in [3.63, 3.8) is 0 Å². The van der Waals surface area contributed by atoms with Crippen LogP contribution in [0.25, 0.3) is 0 Å². The molecule has 0 aromatic heterocycles. The zero-order valence-electron chi connectivity index (χ0n) is 13.5. The van der Waals surface area contributed by atoms with Crippen molar-refractivity contribution in [2.45, 2.75) is 32.8 Å². The van der Waals surface area contributed by atoms with Gasteiger partial charge in [-0.3, -0.25) is 14.9 Å². The molecule has 23 heavy (non-hydrogen) atoms. The van der Waals surface area contributed by atoms with Crippen LogP contribution in [-0.2, 0) is 19.1 Å². The third-order valence-corrected chi connectivity index (χ3v) is 2.56. The van der Waals surface area contributed by atoms with Gasteiger partial charge in [-0.25, -0.2) is 9.59 Å². The highest BCUT2D eigenvalue weighted by atomic mass is 16.6. The Hall–Kier alpha value is -2.70. The van der Waals surface area contributed by atoms with Gasteiger partial charge >= 0.3 is 12.1 Å². The number of nitrogens with one attached hydrogen (secondary N) is 1. The van der Waals surface area contributed by atoms with Gasteiger partial charge in [0.15, 0.2) is 5.78 Å². The number of carbonyl (C=O) groups excluding carboxylic acids is 4. The smallest absolute Gasteiger partial charge is 0.412 e. The first-order valence-corrected chi connectivity index (χ1v) is 6.87. The molecule has 7 heteroatoms. The molecule has 0 aliphatic rings. The number of ether oxygens (including phenoxy) is 2. The van der Waals surface area contributed by atoms with E-state index in [4.69, 9.17) is 4.74 Å². The Balaban J connectivity index is 2.77. The lowest BCUT2D eigenvalue weighted by atomic mass is 10.1. The monoisotopic (exact) mass is 321 g/mol. The zero-order chi connectivity index (χ0) is 17.6. The third-order valence-electron chi connectivity index (χ3n) is 2.56. The predicted octanol–water partition coefficient (Wildman–Crippen LogP) is 2.35. The largest absolute Gasteiger partial charge is 0.463 e. The van der Waals surface area contributed by atoms with Gasteiger partial charge in [0, 0.05) is 11.3 Å². The Kier molecular flexibility index (Phi) is 6.01. The van der Waals surface area contributed by atoms with Crippen LogP contribution in [0.4, 0.5) is 10.5 Å². The van der Waals surface area contributed by atoms with E-state index in [0.29, 0.717) is 5.69 Å². The molecule has 0 aliphatic carbocycles. The predicted molar refractivity (Wildman–Crippen MR) is 82.3 cm³/mol. The number of Topliss-reactive ketones (excluding diaryl/α,β-unsaturated/α-hetero) is 2. The number of hydrogen-bond donors (Lipinski definition) is 1. The summed E-state index contributed by atoms with van der Waals surface area (Å²) in [5, 5.41) is 2.49. The van der Waals surface area contributed by atoms with Crippen LogP contribution in [0.1, 0.15) is 37.6 Å². The second-order valence-electron chi connectivity index (χ2n) is 5.72. The molecule has 124 valence electrons. The molecule has 0 radical (unpaired) electrons. The molecule has 0 unspecified atom stereocenters. The Bertz CT molecular complexity index is 630. The van der Waals surface area contributed by atoms with Crippen molar-refractivity contribution in [3.8, 4) is 0 Å². The maximum atomic E-state index is 12.0. The van der Waals surface area contributed by atoms with Crippen molar-refractivity contribution < 1.29 is 28.7 Å². The summed E-state index contributed by atoms with van der Waals surface area (Å²) in [4.78, 5) is 46.1. The first-order valence-electron chi connectivity index (χ1n) is 6.87. The molecule has 0 fully saturated rings. The lowest BCUT2D eigenvalue weighted by Gasteiger charge is -2.19. The number of ketones is 2. The number of methoxy groups -OCH3 is 1. The van der Waals surface area contributed by atoms with Gasteiger partial charge in [-0.2, -0.15) is 0 Å². The lowest BCUT2D eigenvalue weighted by molar-refractivity contribution is -0.151. The highest BCUT2D eigenvalue weighted by Crippen LogP contribution is 2.15. The van der Waals surface area contributed by atoms with E-state index < -0.39 is 35.7 Å². The highest BCUT2D eigenvalue weighted by molar-refractivity contribution is 6.38. The molecule has 1 rings (SSSR count). The highest BCUT2D eigenvalue weighted by Gasteiger charge is 2.20. The summed E-state index contributed by atoms with van der Waals surface area (Å²) in [7, 11) is 1.07. The van der Waals surface area contributed by atoms with E-state index in [2.05, 4.69) is 10.1 Å². The number of carbonyl (C=O) groups is 4. The lowest BCUT2D eigenvalue weighted by Crippen LogP contribution is -2.27. The second kappa shape index (κ2) is 7.53. The van der Waals surface area contributed by atoms with Crippen LogP contribution in [0.2, 0.25) is 0 Å². The van der Waals surface area contributed by atoms with Crippen molar-refractivity contribution in [2.24, 2.45) is 0 Å². The molecule has 1 amide bonds. The Morgan fingerprint density at radius 3 is 2.35 bits per heavy atom. The molecule has 1 N–H and O–H groups in total. The van der Waals surface area contributed by atoms with Crippen molar-refractivity contribution in [1.82, 2.24) is 0 Å². The summed E-state index contributed by atoms with van der Waals surface area (Å²) in [6, 6.07) is 6.00. The summed E-state index contributed by atoms with van der Waals surface area (Å²) in [6.07, 6.45) is -1.25. The van der Waals surface area contributed by atoms with Crippen LogP contribution in [-0.4, -0.2) is 36.3 Å². The third kappa shape index (κ3) is 6.29.